The Bertz CT molecular complexity index is 1720. The first kappa shape index (κ1) is 71.0. The van der Waals surface area contributed by atoms with E-state index in [1.165, 1.54) is 57.8 Å². The van der Waals surface area contributed by atoms with Crippen LogP contribution >= 0.6 is 0 Å². The SMILES string of the molecule is CC/C=C\C/C=C\C/C=C\C/C=C\C/C=C\C/C=C\C/C=C\C/C=C\C/C=C\CCCC(=O)OCC(COC(=O)CCCCC/C=C\C/C=C\C/C=C\CC)OC(=O)CCCCCCC/C=C\CCCCCCCCC. The van der Waals surface area contributed by atoms with Gasteiger partial charge in [0.05, 0.1) is 0 Å². The minimum atomic E-state index is -0.826. The molecule has 6 heteroatoms. The van der Waals surface area contributed by atoms with E-state index in [0.717, 1.165) is 141 Å². The molecule has 426 valence electrons. The van der Waals surface area contributed by atoms with Crippen molar-refractivity contribution in [2.24, 2.45) is 0 Å². The molecule has 0 saturated heterocycles. The van der Waals surface area contributed by atoms with E-state index in [1.807, 2.05) is 0 Å². The molecule has 0 rings (SSSR count). The Morgan fingerprint density at radius 1 is 0.276 bits per heavy atom. The molecule has 0 aliphatic heterocycles. The quantitative estimate of drug-likeness (QED) is 0.0261. The summed E-state index contributed by atoms with van der Waals surface area (Å²) in [6.45, 7) is 6.32. The molecule has 1 unspecified atom stereocenters. The molecule has 76 heavy (non-hydrogen) atoms. The van der Waals surface area contributed by atoms with E-state index in [9.17, 15) is 14.4 Å². The van der Waals surface area contributed by atoms with Crippen LogP contribution in [0.25, 0.3) is 0 Å². The van der Waals surface area contributed by atoms with Gasteiger partial charge in [0.25, 0.3) is 0 Å². The van der Waals surface area contributed by atoms with E-state index < -0.39 is 6.10 Å². The number of unbranched alkanes of at least 4 members (excludes halogenated alkanes) is 16. The first-order valence-electron chi connectivity index (χ1n) is 30.5. The molecule has 0 aromatic rings. The van der Waals surface area contributed by atoms with Crippen LogP contribution in [0.2, 0.25) is 0 Å². The van der Waals surface area contributed by atoms with Crippen LogP contribution in [0, 0.1) is 0 Å². The van der Waals surface area contributed by atoms with Crippen molar-refractivity contribution in [2.75, 3.05) is 13.2 Å². The third-order valence-electron chi connectivity index (χ3n) is 12.2. The molecule has 0 fully saturated rings. The lowest BCUT2D eigenvalue weighted by Crippen LogP contribution is -2.30. The van der Waals surface area contributed by atoms with Crippen molar-refractivity contribution in [3.63, 3.8) is 0 Å². The maximum atomic E-state index is 12.9. The highest BCUT2D eigenvalue weighted by molar-refractivity contribution is 5.71. The normalized spacial score (nSPS) is 13.2. The number of allylic oxidation sites excluding steroid dienone is 26. The maximum Gasteiger partial charge on any atom is 0.306 e. The number of hydrogen-bond donors (Lipinski definition) is 0. The Morgan fingerprint density at radius 2 is 0.526 bits per heavy atom. The van der Waals surface area contributed by atoms with Gasteiger partial charge in [-0.05, 0) is 141 Å². The number of hydrogen-bond acceptors (Lipinski definition) is 6. The number of carbonyl (C=O) groups is 3. The fourth-order valence-corrected chi connectivity index (χ4v) is 7.75. The molecule has 0 aromatic carbocycles. The average molecular weight is 1050 g/mol. The summed E-state index contributed by atoms with van der Waals surface area (Å²) < 4.78 is 16.8. The molecule has 0 spiro atoms. The molecule has 0 N–H and O–H groups in total. The fourth-order valence-electron chi connectivity index (χ4n) is 7.75. The fraction of sp³-hybridized carbons (Fsp3) is 0.586. The van der Waals surface area contributed by atoms with Crippen LogP contribution in [0.5, 0.6) is 0 Å². The molecule has 0 aliphatic rings. The molecular weight excluding hydrogens is 937 g/mol. The van der Waals surface area contributed by atoms with Gasteiger partial charge in [-0.25, -0.2) is 0 Å². The Morgan fingerprint density at radius 3 is 0.882 bits per heavy atom. The molecule has 0 aromatic heterocycles. The van der Waals surface area contributed by atoms with Gasteiger partial charge >= 0.3 is 17.9 Å². The van der Waals surface area contributed by atoms with Crippen molar-refractivity contribution in [1.82, 2.24) is 0 Å². The van der Waals surface area contributed by atoms with Crippen molar-refractivity contribution in [3.8, 4) is 0 Å². The number of carbonyl (C=O) groups excluding carboxylic acids is 3. The van der Waals surface area contributed by atoms with Gasteiger partial charge in [0.2, 0.25) is 0 Å². The summed E-state index contributed by atoms with van der Waals surface area (Å²) in [4.78, 5) is 38.2. The van der Waals surface area contributed by atoms with Gasteiger partial charge in [0.1, 0.15) is 13.2 Å². The van der Waals surface area contributed by atoms with Crippen molar-refractivity contribution in [1.29, 1.82) is 0 Å². The Balaban J connectivity index is 4.48. The van der Waals surface area contributed by atoms with E-state index in [-0.39, 0.29) is 37.5 Å². The minimum Gasteiger partial charge on any atom is -0.462 e. The summed E-state index contributed by atoms with van der Waals surface area (Å²) in [5.41, 5.74) is 0. The number of esters is 3. The monoisotopic (exact) mass is 1050 g/mol. The van der Waals surface area contributed by atoms with Gasteiger partial charge < -0.3 is 14.2 Å². The molecule has 0 heterocycles. The van der Waals surface area contributed by atoms with E-state index >= 15 is 0 Å². The lowest BCUT2D eigenvalue weighted by atomic mass is 10.1. The third-order valence-corrected chi connectivity index (χ3v) is 12.2. The summed E-state index contributed by atoms with van der Waals surface area (Å²) in [5, 5.41) is 0. The molecule has 0 saturated carbocycles. The zero-order chi connectivity index (χ0) is 55.0. The molecule has 1 atom stereocenters. The van der Waals surface area contributed by atoms with Crippen molar-refractivity contribution in [2.45, 2.75) is 252 Å². The van der Waals surface area contributed by atoms with Gasteiger partial charge in [-0.1, -0.05) is 243 Å². The third kappa shape index (κ3) is 59.9. The zero-order valence-corrected chi connectivity index (χ0v) is 48.7. The standard InChI is InChI=1S/C70H110O6/c1-4-7-10-13-16-19-22-25-27-29-30-31-32-33-34-35-36-37-38-39-40-41-43-45-48-51-54-57-60-63-69(72)75-66-67(65-74-68(71)62-59-56-53-50-47-44-24-21-18-15-12-9-6-3)76-70(73)64-61-58-55-52-49-46-42-28-26-23-20-17-14-11-8-5-2/h7,9-10,12,16,18-19,21,25,27-28,30-31,33-34,36-37,39-40,42-45,47,51,54,67H,4-6,8,11,13-15,17,20,22-24,26,29,32,35,38,41,46,48-50,52-53,55-66H2,1-3H3/b10-7-,12-9-,19-16-,21-18-,27-25-,31-30-,34-33-,37-36-,40-39-,42-28-,45-43-,47-44-,54-51-. The predicted octanol–water partition coefficient (Wildman–Crippen LogP) is 20.9. The second-order valence-corrected chi connectivity index (χ2v) is 19.5. The summed E-state index contributed by atoms with van der Waals surface area (Å²) in [6.07, 6.45) is 91.1. The van der Waals surface area contributed by atoms with Crippen LogP contribution in [-0.2, 0) is 28.6 Å². The largest absolute Gasteiger partial charge is 0.462 e. The predicted molar refractivity (Wildman–Crippen MR) is 329 cm³/mol. The van der Waals surface area contributed by atoms with E-state index in [4.69, 9.17) is 14.2 Å². The average Bonchev–Trinajstić information content (AvgIpc) is 3.42. The Kier molecular flexibility index (Phi) is 58.5. The van der Waals surface area contributed by atoms with Crippen LogP contribution in [-0.4, -0.2) is 37.2 Å². The maximum absolute atomic E-state index is 12.9. The molecule has 0 radical (unpaired) electrons. The van der Waals surface area contributed by atoms with Gasteiger partial charge in [-0.15, -0.1) is 0 Å². The van der Waals surface area contributed by atoms with E-state index in [1.54, 1.807) is 0 Å². The van der Waals surface area contributed by atoms with Crippen molar-refractivity contribution < 1.29 is 28.6 Å². The van der Waals surface area contributed by atoms with Crippen molar-refractivity contribution in [3.05, 3.63) is 158 Å². The minimum absolute atomic E-state index is 0.121. The van der Waals surface area contributed by atoms with Gasteiger partial charge in [-0.3, -0.25) is 14.4 Å². The van der Waals surface area contributed by atoms with Gasteiger partial charge in [0.15, 0.2) is 6.10 Å². The summed E-state index contributed by atoms with van der Waals surface area (Å²) in [5.74, 6) is -1.02. The summed E-state index contributed by atoms with van der Waals surface area (Å²) in [6, 6.07) is 0. The highest BCUT2D eigenvalue weighted by Crippen LogP contribution is 2.13. The molecule has 0 amide bonds. The highest BCUT2D eigenvalue weighted by atomic mass is 16.6. The highest BCUT2D eigenvalue weighted by Gasteiger charge is 2.19. The van der Waals surface area contributed by atoms with Crippen LogP contribution in [0.15, 0.2) is 158 Å². The van der Waals surface area contributed by atoms with Crippen molar-refractivity contribution >= 4 is 17.9 Å². The van der Waals surface area contributed by atoms with E-state index in [2.05, 4.69) is 179 Å². The Hall–Kier alpha value is -4.97. The second kappa shape index (κ2) is 62.6. The Labute approximate surface area is 467 Å². The zero-order valence-electron chi connectivity index (χ0n) is 48.7. The van der Waals surface area contributed by atoms with Crippen LogP contribution in [0.3, 0.4) is 0 Å². The molecule has 0 aliphatic carbocycles. The first-order valence-corrected chi connectivity index (χ1v) is 30.5. The van der Waals surface area contributed by atoms with E-state index in [0.29, 0.717) is 19.3 Å². The lowest BCUT2D eigenvalue weighted by Gasteiger charge is -2.18. The first-order chi connectivity index (χ1) is 37.5. The smallest absolute Gasteiger partial charge is 0.306 e. The van der Waals surface area contributed by atoms with Gasteiger partial charge in [-0.2, -0.15) is 0 Å². The molecule has 6 nitrogen and oxygen atoms in total. The van der Waals surface area contributed by atoms with Gasteiger partial charge in [0, 0.05) is 19.3 Å². The van der Waals surface area contributed by atoms with Crippen LogP contribution in [0.1, 0.15) is 245 Å². The number of ether oxygens (including phenoxy) is 3. The van der Waals surface area contributed by atoms with Crippen LogP contribution < -0.4 is 0 Å². The second-order valence-electron chi connectivity index (χ2n) is 19.5. The summed E-state index contributed by atoms with van der Waals surface area (Å²) >= 11 is 0. The summed E-state index contributed by atoms with van der Waals surface area (Å²) in [7, 11) is 0. The lowest BCUT2D eigenvalue weighted by molar-refractivity contribution is -0.167. The number of rotatable bonds is 53. The van der Waals surface area contributed by atoms with Crippen LogP contribution in [0.4, 0.5) is 0 Å². The molecular formula is C70H110O6. The topological polar surface area (TPSA) is 78.9 Å². The molecule has 0 bridgehead atoms.